The summed E-state index contributed by atoms with van der Waals surface area (Å²) in [5.74, 6) is -1.08. The van der Waals surface area contributed by atoms with E-state index in [4.69, 9.17) is 4.74 Å². The number of hydrogen-bond donors (Lipinski definition) is 0. The van der Waals surface area contributed by atoms with E-state index < -0.39 is 11.8 Å². The number of benzene rings is 1. The Hall–Kier alpha value is -2.13. The van der Waals surface area contributed by atoms with Gasteiger partial charge in [0.25, 0.3) is 5.56 Å². The summed E-state index contributed by atoms with van der Waals surface area (Å²) in [6, 6.07) is 5.06. The third-order valence-electron chi connectivity index (χ3n) is 2.89. The lowest BCUT2D eigenvalue weighted by molar-refractivity contribution is 0.0470. The second-order valence-corrected chi connectivity index (χ2v) is 6.52. The fourth-order valence-corrected chi connectivity index (χ4v) is 3.25. The molecule has 0 N–H and O–H groups in total. The molecule has 0 atom stereocenters. The van der Waals surface area contributed by atoms with Crippen molar-refractivity contribution >= 4 is 38.2 Å². The third-order valence-corrected chi connectivity index (χ3v) is 4.43. The molecule has 0 radical (unpaired) electrons. The van der Waals surface area contributed by atoms with E-state index in [1.165, 1.54) is 24.3 Å². The zero-order valence-corrected chi connectivity index (χ0v) is 14.1. The van der Waals surface area contributed by atoms with Crippen LogP contribution < -0.4 is 5.56 Å². The Labute approximate surface area is 141 Å². The van der Waals surface area contributed by atoms with E-state index in [0.717, 1.165) is 15.9 Å². The molecule has 23 heavy (non-hydrogen) atoms. The lowest BCUT2D eigenvalue weighted by atomic mass is 10.2. The van der Waals surface area contributed by atoms with Crippen LogP contribution in [-0.2, 0) is 11.3 Å². The van der Waals surface area contributed by atoms with Gasteiger partial charge in [0.1, 0.15) is 12.4 Å². The molecule has 0 fully saturated rings. The number of esters is 1. The van der Waals surface area contributed by atoms with E-state index in [2.05, 4.69) is 26.0 Å². The number of ether oxygens (including phenoxy) is 1. The molecule has 9 heteroatoms. The highest BCUT2D eigenvalue weighted by Crippen LogP contribution is 2.20. The minimum Gasteiger partial charge on any atom is -0.455 e. The van der Waals surface area contributed by atoms with Gasteiger partial charge in [0.15, 0.2) is 5.01 Å². The first kappa shape index (κ1) is 15.8. The zero-order chi connectivity index (χ0) is 16.6. The molecule has 0 saturated heterocycles. The third kappa shape index (κ3) is 3.30. The first-order chi connectivity index (χ1) is 10.9. The molecule has 0 saturated carbocycles. The summed E-state index contributed by atoms with van der Waals surface area (Å²) in [5, 5.41) is 4.50. The van der Waals surface area contributed by atoms with Crippen molar-refractivity contribution in [3.05, 3.63) is 61.2 Å². The average molecular weight is 398 g/mol. The fraction of sp³-hybridized carbons (Fsp3) is 0.143. The lowest BCUT2D eigenvalue weighted by Gasteiger charge is -2.04. The Kier molecular flexibility index (Phi) is 4.22. The van der Waals surface area contributed by atoms with Gasteiger partial charge in [0.2, 0.25) is 4.96 Å². The van der Waals surface area contributed by atoms with Gasteiger partial charge in [-0.3, -0.25) is 4.79 Å². The second-order valence-electron chi connectivity index (χ2n) is 4.63. The molecule has 118 valence electrons. The predicted molar refractivity (Wildman–Crippen MR) is 85.1 cm³/mol. The highest BCUT2D eigenvalue weighted by molar-refractivity contribution is 9.10. The Morgan fingerprint density at radius 3 is 2.96 bits per heavy atom. The van der Waals surface area contributed by atoms with Crippen molar-refractivity contribution in [1.29, 1.82) is 0 Å². The molecule has 0 unspecified atom stereocenters. The molecule has 0 aliphatic heterocycles. The van der Waals surface area contributed by atoms with Crippen LogP contribution in [0.25, 0.3) is 4.96 Å². The monoisotopic (exact) mass is 397 g/mol. The maximum atomic E-state index is 13.0. The molecule has 0 aliphatic rings. The summed E-state index contributed by atoms with van der Waals surface area (Å²) in [6.07, 6.45) is 0. The van der Waals surface area contributed by atoms with Crippen molar-refractivity contribution in [2.75, 3.05) is 0 Å². The summed E-state index contributed by atoms with van der Waals surface area (Å²) in [6.45, 7) is 1.61. The van der Waals surface area contributed by atoms with Crippen LogP contribution in [-0.4, -0.2) is 20.6 Å². The smallest absolute Gasteiger partial charge is 0.339 e. The van der Waals surface area contributed by atoms with E-state index >= 15 is 0 Å². The van der Waals surface area contributed by atoms with E-state index in [9.17, 15) is 14.0 Å². The van der Waals surface area contributed by atoms with Crippen LogP contribution in [0.5, 0.6) is 0 Å². The number of aromatic nitrogens is 3. The van der Waals surface area contributed by atoms with Crippen LogP contribution in [0.1, 0.15) is 21.1 Å². The van der Waals surface area contributed by atoms with Crippen molar-refractivity contribution in [2.24, 2.45) is 0 Å². The number of nitrogens with zero attached hydrogens (tertiary/aromatic N) is 3. The molecule has 3 rings (SSSR count). The van der Waals surface area contributed by atoms with Gasteiger partial charge in [0.05, 0.1) is 5.56 Å². The molecule has 2 heterocycles. The van der Waals surface area contributed by atoms with Gasteiger partial charge in [-0.25, -0.2) is 14.2 Å². The standard InChI is InChI=1S/C14H9BrFN3O3S/c1-7-4-12(20)19-14(17-7)23-11(18-19)6-22-13(21)9-3-2-8(16)5-10(9)15/h2-5H,6H2,1H3. The maximum Gasteiger partial charge on any atom is 0.339 e. The van der Waals surface area contributed by atoms with Crippen molar-refractivity contribution < 1.29 is 13.9 Å². The molecule has 1 aromatic carbocycles. The van der Waals surface area contributed by atoms with Crippen LogP contribution in [0, 0.1) is 12.7 Å². The number of carbonyl (C=O) groups excluding carboxylic acids is 1. The number of hydrogen-bond acceptors (Lipinski definition) is 6. The summed E-state index contributed by atoms with van der Waals surface area (Å²) in [7, 11) is 0. The van der Waals surface area contributed by atoms with Crippen LogP contribution >= 0.6 is 27.3 Å². The van der Waals surface area contributed by atoms with Crippen LogP contribution in [0.15, 0.2) is 33.5 Å². The number of carbonyl (C=O) groups is 1. The first-order valence-corrected chi connectivity index (χ1v) is 8.03. The lowest BCUT2D eigenvalue weighted by Crippen LogP contribution is -2.14. The molecule has 6 nitrogen and oxygen atoms in total. The molecular weight excluding hydrogens is 389 g/mol. The van der Waals surface area contributed by atoms with Crippen LogP contribution in [0.3, 0.4) is 0 Å². The maximum absolute atomic E-state index is 13.0. The summed E-state index contributed by atoms with van der Waals surface area (Å²) in [4.78, 5) is 28.4. The SMILES string of the molecule is Cc1cc(=O)n2nc(COC(=O)c3ccc(F)cc3Br)sc2n1. The molecule has 0 spiro atoms. The van der Waals surface area contributed by atoms with Crippen molar-refractivity contribution in [1.82, 2.24) is 14.6 Å². The minimum atomic E-state index is -0.618. The Morgan fingerprint density at radius 1 is 1.43 bits per heavy atom. The molecule has 2 aromatic heterocycles. The summed E-state index contributed by atoms with van der Waals surface area (Å²) in [5.41, 5.74) is 0.513. The summed E-state index contributed by atoms with van der Waals surface area (Å²) < 4.78 is 19.6. The number of fused-ring (bicyclic) bond motifs is 1. The van der Waals surface area contributed by atoms with E-state index in [1.54, 1.807) is 6.92 Å². The van der Waals surface area contributed by atoms with Crippen molar-refractivity contribution in [3.63, 3.8) is 0 Å². The molecule has 3 aromatic rings. The van der Waals surface area contributed by atoms with E-state index in [0.29, 0.717) is 20.1 Å². The Bertz CT molecular complexity index is 970. The Balaban J connectivity index is 1.79. The molecular formula is C14H9BrFN3O3S. The van der Waals surface area contributed by atoms with Gasteiger partial charge in [0, 0.05) is 16.2 Å². The molecule has 0 aliphatic carbocycles. The van der Waals surface area contributed by atoms with E-state index in [-0.39, 0.29) is 17.7 Å². The van der Waals surface area contributed by atoms with Gasteiger partial charge < -0.3 is 4.74 Å². The molecule has 0 bridgehead atoms. The van der Waals surface area contributed by atoms with Gasteiger partial charge in [-0.05, 0) is 41.1 Å². The zero-order valence-electron chi connectivity index (χ0n) is 11.7. The van der Waals surface area contributed by atoms with Crippen LogP contribution in [0.2, 0.25) is 0 Å². The van der Waals surface area contributed by atoms with Gasteiger partial charge in [-0.15, -0.1) is 0 Å². The number of rotatable bonds is 3. The normalized spacial score (nSPS) is 10.9. The second kappa shape index (κ2) is 6.17. The average Bonchev–Trinajstić information content (AvgIpc) is 2.88. The fourth-order valence-electron chi connectivity index (χ4n) is 1.88. The summed E-state index contributed by atoms with van der Waals surface area (Å²) >= 11 is 4.27. The largest absolute Gasteiger partial charge is 0.455 e. The van der Waals surface area contributed by atoms with Crippen molar-refractivity contribution in [3.8, 4) is 0 Å². The Morgan fingerprint density at radius 2 is 2.22 bits per heavy atom. The molecule has 0 amide bonds. The number of halogens is 2. The van der Waals surface area contributed by atoms with Crippen molar-refractivity contribution in [2.45, 2.75) is 13.5 Å². The minimum absolute atomic E-state index is 0.102. The van der Waals surface area contributed by atoms with Gasteiger partial charge in [-0.2, -0.15) is 9.61 Å². The highest BCUT2D eigenvalue weighted by atomic mass is 79.9. The first-order valence-electron chi connectivity index (χ1n) is 6.42. The van der Waals surface area contributed by atoms with Crippen LogP contribution in [0.4, 0.5) is 4.39 Å². The predicted octanol–water partition coefficient (Wildman–Crippen LogP) is 2.72. The van der Waals surface area contributed by atoms with Gasteiger partial charge >= 0.3 is 5.97 Å². The van der Waals surface area contributed by atoms with Gasteiger partial charge in [-0.1, -0.05) is 11.3 Å². The quantitative estimate of drug-likeness (QED) is 0.635. The highest BCUT2D eigenvalue weighted by Gasteiger charge is 2.14. The van der Waals surface area contributed by atoms with E-state index in [1.807, 2.05) is 0 Å². The topological polar surface area (TPSA) is 73.6 Å². The number of aryl methyl sites for hydroxylation is 1.